The Morgan fingerprint density at radius 3 is 2.75 bits per heavy atom. The summed E-state index contributed by atoms with van der Waals surface area (Å²) in [6, 6.07) is 18.7. The van der Waals surface area contributed by atoms with Crippen LogP contribution in [0.1, 0.15) is 25.8 Å². The quantitative estimate of drug-likeness (QED) is 0.666. The van der Waals surface area contributed by atoms with Gasteiger partial charge in [0.05, 0.1) is 22.3 Å². The van der Waals surface area contributed by atoms with Crippen molar-refractivity contribution < 1.29 is 9.53 Å². The molecule has 3 aromatic rings. The molecule has 1 heterocycles. The predicted molar refractivity (Wildman–Crippen MR) is 92.6 cm³/mol. The van der Waals surface area contributed by atoms with E-state index in [9.17, 15) is 4.79 Å². The zero-order chi connectivity index (χ0) is 16.9. The highest BCUT2D eigenvalue weighted by Gasteiger charge is 2.19. The third kappa shape index (κ3) is 3.50. The van der Waals surface area contributed by atoms with Crippen molar-refractivity contribution in [1.29, 1.82) is 5.26 Å². The van der Waals surface area contributed by atoms with Crippen molar-refractivity contribution in [1.82, 2.24) is 4.98 Å². The average molecular weight is 334 g/mol. The van der Waals surface area contributed by atoms with Crippen LogP contribution in [0.15, 0.2) is 54.6 Å². The van der Waals surface area contributed by atoms with Gasteiger partial charge in [-0.1, -0.05) is 42.5 Å². The van der Waals surface area contributed by atoms with E-state index in [2.05, 4.69) is 11.1 Å². The third-order valence-corrected chi connectivity index (χ3v) is 4.34. The first-order valence-electron chi connectivity index (χ1n) is 7.36. The van der Waals surface area contributed by atoms with Crippen molar-refractivity contribution in [3.63, 3.8) is 0 Å². The Labute approximate surface area is 144 Å². The van der Waals surface area contributed by atoms with Crippen LogP contribution < -0.4 is 0 Å². The van der Waals surface area contributed by atoms with Gasteiger partial charge < -0.3 is 4.74 Å². The Kier molecular flexibility index (Phi) is 4.69. The summed E-state index contributed by atoms with van der Waals surface area (Å²) in [5.41, 5.74) is 2.86. The number of carbonyl (C=O) groups is 1. The summed E-state index contributed by atoms with van der Waals surface area (Å²) in [5.74, 6) is -0.401. The number of carbonyl (C=O) groups excluding carboxylic acids is 1. The van der Waals surface area contributed by atoms with Crippen LogP contribution in [0.2, 0.25) is 0 Å². The van der Waals surface area contributed by atoms with E-state index in [1.165, 1.54) is 11.3 Å². The van der Waals surface area contributed by atoms with E-state index in [-0.39, 0.29) is 6.61 Å². The van der Waals surface area contributed by atoms with Gasteiger partial charge in [0.15, 0.2) is 0 Å². The molecule has 0 saturated carbocycles. The lowest BCUT2D eigenvalue weighted by molar-refractivity contribution is 0.0479. The average Bonchev–Trinajstić information content (AvgIpc) is 3.02. The van der Waals surface area contributed by atoms with E-state index >= 15 is 0 Å². The van der Waals surface area contributed by atoms with Gasteiger partial charge in [-0.25, -0.2) is 9.78 Å². The highest BCUT2D eigenvalue weighted by molar-refractivity contribution is 7.14. The van der Waals surface area contributed by atoms with E-state index in [4.69, 9.17) is 10.00 Å². The topological polar surface area (TPSA) is 63.0 Å². The molecule has 2 aromatic carbocycles. The number of thiazole rings is 1. The second kappa shape index (κ2) is 7.07. The summed E-state index contributed by atoms with van der Waals surface area (Å²) in [6.45, 7) is 1.99. The van der Waals surface area contributed by atoms with Gasteiger partial charge in [0.25, 0.3) is 0 Å². The molecule has 0 bridgehead atoms. The molecule has 0 spiro atoms. The number of rotatable bonds is 4. The van der Waals surface area contributed by atoms with Crippen LogP contribution in [0.25, 0.3) is 11.3 Å². The first-order valence-corrected chi connectivity index (χ1v) is 8.18. The molecular formula is C19H14N2O2S. The first kappa shape index (κ1) is 15.9. The van der Waals surface area contributed by atoms with Crippen molar-refractivity contribution in [2.24, 2.45) is 0 Å². The third-order valence-electron chi connectivity index (χ3n) is 3.39. The summed E-state index contributed by atoms with van der Waals surface area (Å²) < 4.78 is 5.41. The lowest BCUT2D eigenvalue weighted by atomic mass is 10.1. The second-order valence-corrected chi connectivity index (χ2v) is 6.37. The van der Waals surface area contributed by atoms with Crippen molar-refractivity contribution in [2.45, 2.75) is 13.5 Å². The van der Waals surface area contributed by atoms with E-state index in [1.807, 2.05) is 43.3 Å². The molecular weight excluding hydrogens is 320 g/mol. The molecule has 1 aromatic heterocycles. The summed E-state index contributed by atoms with van der Waals surface area (Å²) in [6.07, 6.45) is 0. The van der Waals surface area contributed by atoms with Gasteiger partial charge in [-0.05, 0) is 24.6 Å². The van der Waals surface area contributed by atoms with Crippen molar-refractivity contribution in [3.8, 4) is 17.3 Å². The number of benzene rings is 2. The highest BCUT2D eigenvalue weighted by atomic mass is 32.1. The van der Waals surface area contributed by atoms with Crippen molar-refractivity contribution in [2.75, 3.05) is 0 Å². The fourth-order valence-electron chi connectivity index (χ4n) is 2.30. The molecule has 0 aliphatic heterocycles. The molecule has 0 aliphatic rings. The first-order chi connectivity index (χ1) is 11.7. The molecule has 0 radical (unpaired) electrons. The minimum absolute atomic E-state index is 0.125. The van der Waals surface area contributed by atoms with Crippen LogP contribution >= 0.6 is 11.3 Å². The summed E-state index contributed by atoms with van der Waals surface area (Å²) in [5, 5.41) is 9.73. The van der Waals surface area contributed by atoms with E-state index in [0.717, 1.165) is 16.1 Å². The van der Waals surface area contributed by atoms with Crippen molar-refractivity contribution in [3.05, 3.63) is 75.6 Å². The molecule has 0 N–H and O–H groups in total. The molecule has 0 fully saturated rings. The molecule has 0 aliphatic carbocycles. The SMILES string of the molecule is Cc1nc(-c2ccccc2)c(C(=O)OCc2cccc(C#N)c2)s1. The summed E-state index contributed by atoms with van der Waals surface area (Å²) >= 11 is 1.32. The van der Waals surface area contributed by atoms with Gasteiger partial charge in [-0.3, -0.25) is 0 Å². The Hall–Kier alpha value is -2.97. The molecule has 4 nitrogen and oxygen atoms in total. The molecule has 0 atom stereocenters. The minimum atomic E-state index is -0.401. The number of aromatic nitrogens is 1. The van der Waals surface area contributed by atoms with Crippen LogP contribution in [0.4, 0.5) is 0 Å². The molecule has 5 heteroatoms. The number of hydrogen-bond donors (Lipinski definition) is 0. The fourth-order valence-corrected chi connectivity index (χ4v) is 3.14. The van der Waals surface area contributed by atoms with Gasteiger partial charge in [0, 0.05) is 5.56 Å². The Bertz CT molecular complexity index is 911. The number of aryl methyl sites for hydroxylation is 1. The number of nitriles is 1. The molecule has 3 rings (SSSR count). The number of nitrogens with zero attached hydrogens (tertiary/aromatic N) is 2. The Morgan fingerprint density at radius 2 is 2.00 bits per heavy atom. The number of ether oxygens (including phenoxy) is 1. The van der Waals surface area contributed by atoms with Gasteiger partial charge in [0.1, 0.15) is 11.5 Å². The van der Waals surface area contributed by atoms with Crippen molar-refractivity contribution >= 4 is 17.3 Å². The number of hydrogen-bond acceptors (Lipinski definition) is 5. The maximum Gasteiger partial charge on any atom is 0.350 e. The van der Waals surface area contributed by atoms with Crippen LogP contribution in [-0.2, 0) is 11.3 Å². The summed E-state index contributed by atoms with van der Waals surface area (Å²) in [7, 11) is 0. The lowest BCUT2D eigenvalue weighted by Gasteiger charge is -2.05. The molecule has 24 heavy (non-hydrogen) atoms. The van der Waals surface area contributed by atoms with E-state index in [0.29, 0.717) is 16.1 Å². The molecule has 118 valence electrons. The second-order valence-electron chi connectivity index (χ2n) is 5.16. The van der Waals surface area contributed by atoms with E-state index in [1.54, 1.807) is 18.2 Å². The molecule has 0 saturated heterocycles. The number of esters is 1. The summed E-state index contributed by atoms with van der Waals surface area (Å²) in [4.78, 5) is 17.4. The monoisotopic (exact) mass is 334 g/mol. The maximum absolute atomic E-state index is 12.5. The van der Waals surface area contributed by atoms with Crippen LogP contribution in [-0.4, -0.2) is 11.0 Å². The van der Waals surface area contributed by atoms with Crippen LogP contribution in [0, 0.1) is 18.3 Å². The lowest BCUT2D eigenvalue weighted by Crippen LogP contribution is -2.05. The standard InChI is InChI=1S/C19H14N2O2S/c1-13-21-17(16-8-3-2-4-9-16)18(24-13)19(22)23-12-15-7-5-6-14(10-15)11-20/h2-10H,12H2,1H3. The molecule has 0 amide bonds. The maximum atomic E-state index is 12.5. The smallest absolute Gasteiger partial charge is 0.350 e. The van der Waals surface area contributed by atoms with Crippen LogP contribution in [0.3, 0.4) is 0 Å². The van der Waals surface area contributed by atoms with E-state index < -0.39 is 5.97 Å². The zero-order valence-electron chi connectivity index (χ0n) is 13.0. The highest BCUT2D eigenvalue weighted by Crippen LogP contribution is 2.28. The van der Waals surface area contributed by atoms with Gasteiger partial charge in [0.2, 0.25) is 0 Å². The Morgan fingerprint density at radius 1 is 1.21 bits per heavy atom. The van der Waals surface area contributed by atoms with Crippen LogP contribution in [0.5, 0.6) is 0 Å². The largest absolute Gasteiger partial charge is 0.457 e. The van der Waals surface area contributed by atoms with Gasteiger partial charge >= 0.3 is 5.97 Å². The predicted octanol–water partition coefficient (Wildman–Crippen LogP) is 4.35. The van der Waals surface area contributed by atoms with Gasteiger partial charge in [-0.2, -0.15) is 5.26 Å². The van der Waals surface area contributed by atoms with Gasteiger partial charge in [-0.15, -0.1) is 11.3 Å². The fraction of sp³-hybridized carbons (Fsp3) is 0.105. The zero-order valence-corrected chi connectivity index (χ0v) is 13.8. The Balaban J connectivity index is 1.80. The minimum Gasteiger partial charge on any atom is -0.457 e. The molecule has 0 unspecified atom stereocenters. The normalized spacial score (nSPS) is 10.2.